The first-order chi connectivity index (χ1) is 43.0. The van der Waals surface area contributed by atoms with Crippen molar-refractivity contribution in [1.82, 2.24) is 26.6 Å². The van der Waals surface area contributed by atoms with Gasteiger partial charge in [0.1, 0.15) is 5.78 Å². The van der Waals surface area contributed by atoms with Crippen LogP contribution in [0.25, 0.3) is 0 Å². The number of rotatable bonds is 46. The zero-order chi connectivity index (χ0) is 69.7. The average molecular weight is 1290 g/mol. The van der Waals surface area contributed by atoms with Crippen LogP contribution in [0.15, 0.2) is 60.7 Å². The lowest BCUT2D eigenvalue weighted by atomic mass is 9.87. The molecule has 2 rings (SSSR count). The monoisotopic (exact) mass is 1290 g/mol. The van der Waals surface area contributed by atoms with Crippen molar-refractivity contribution in [3.05, 3.63) is 71.8 Å². The van der Waals surface area contributed by atoms with Crippen molar-refractivity contribution < 1.29 is 97.5 Å². The third-order valence-corrected chi connectivity index (χ3v) is 15.7. The van der Waals surface area contributed by atoms with Gasteiger partial charge in [-0.2, -0.15) is 0 Å². The van der Waals surface area contributed by atoms with Crippen LogP contribution in [0.5, 0.6) is 0 Å². The summed E-state index contributed by atoms with van der Waals surface area (Å²) in [5.74, 6) is -22.5. The lowest BCUT2D eigenvalue weighted by molar-refractivity contribution is -0.149. The minimum Gasteiger partial charge on any atom is -0.481 e. The number of amides is 6. The van der Waals surface area contributed by atoms with Crippen LogP contribution < -0.4 is 32.3 Å². The van der Waals surface area contributed by atoms with Gasteiger partial charge in [0.15, 0.2) is 23.1 Å². The number of hydrogen-bond donors (Lipinski definition) is 11. The molecule has 0 spiro atoms. The number of aliphatic hydroxyl groups is 1. The molecule has 0 radical (unpaired) electrons. The van der Waals surface area contributed by atoms with Crippen LogP contribution in [0.1, 0.15) is 157 Å². The quantitative estimate of drug-likeness (QED) is 0.0450. The molecule has 0 unspecified atom stereocenters. The van der Waals surface area contributed by atoms with E-state index in [1.165, 1.54) is 20.8 Å². The topological polar surface area (TPSA) is 443 Å². The number of aliphatic carboxylic acids is 4. The van der Waals surface area contributed by atoms with Gasteiger partial charge in [-0.1, -0.05) is 116 Å². The van der Waals surface area contributed by atoms with E-state index in [2.05, 4.69) is 26.6 Å². The molecule has 26 heteroatoms. The molecule has 2 aromatic rings. The maximum Gasteiger partial charge on any atom is 0.307 e. The van der Waals surface area contributed by atoms with Gasteiger partial charge in [0, 0.05) is 75.0 Å². The van der Waals surface area contributed by atoms with Crippen LogP contribution in [-0.2, 0) is 84.8 Å². The molecule has 0 saturated carbocycles. The Labute approximate surface area is 536 Å². The molecule has 12 N–H and O–H groups in total. The summed E-state index contributed by atoms with van der Waals surface area (Å²) in [6.45, 7) is 14.3. The van der Waals surface area contributed by atoms with Crippen molar-refractivity contribution in [2.75, 3.05) is 0 Å². The second kappa shape index (κ2) is 39.7. The molecule has 26 nitrogen and oxygen atoms in total. The van der Waals surface area contributed by atoms with Crippen molar-refractivity contribution in [3.63, 3.8) is 0 Å². The number of carboxylic acid groups (broad SMARTS) is 4. The predicted octanol–water partition coefficient (Wildman–Crippen LogP) is 3.72. The normalized spacial score (nSPS) is 15.3. The van der Waals surface area contributed by atoms with Crippen LogP contribution in [0.2, 0.25) is 0 Å². The van der Waals surface area contributed by atoms with Gasteiger partial charge in [0.2, 0.25) is 35.4 Å². The lowest BCUT2D eigenvalue weighted by Crippen LogP contribution is -2.51. The highest BCUT2D eigenvalue weighted by molar-refractivity contribution is 5.98. The average Bonchev–Trinajstić information content (AvgIpc) is 1.19. The van der Waals surface area contributed by atoms with Gasteiger partial charge >= 0.3 is 23.9 Å². The standard InChI is InChI=1S/C66H94N6O20/c1-35(2)24-48(69-65(90)45(33-55(67)79)31-54(78)60(37(5)6)72-63(88)43(27-40(9)73)20-22-56(80)81)50(74)26-39(8)62(87)71-59(36(3)4)53(77)30-44(28-41-16-12-10-13-17-41)64(89)70-49(29-42-18-14-11-15-19-42)51(75)25-38(7)61(86)68-47(21-23-57(82)83)52(76)32-46(66(91)92)34-58(84)85/h10-19,35-39,43-50,59-60,74H,20-34H2,1-9H3,(H2,67,79)(H,68,86)(H,69,90)(H,70,89)(H,71,87)(H,72,88)(H,80,81)(H,82,83)(H,84,85)(H,91,92)/t38-,39-,43-,44-,45+,46+,47+,48+,49+,50+,59+,60+/m1/s1. The molecule has 0 aliphatic carbocycles. The van der Waals surface area contributed by atoms with Crippen molar-refractivity contribution in [3.8, 4) is 0 Å². The Kier molecular flexibility index (Phi) is 34.3. The van der Waals surface area contributed by atoms with Crippen LogP contribution >= 0.6 is 0 Å². The zero-order valence-corrected chi connectivity index (χ0v) is 54.0. The van der Waals surface area contributed by atoms with Gasteiger partial charge in [-0.05, 0) is 74.3 Å². The summed E-state index contributed by atoms with van der Waals surface area (Å²) >= 11 is 0. The first-order valence-corrected chi connectivity index (χ1v) is 31.0. The van der Waals surface area contributed by atoms with E-state index < -0.39 is 224 Å². The largest absolute Gasteiger partial charge is 0.481 e. The molecule has 0 aliphatic heterocycles. The van der Waals surface area contributed by atoms with Gasteiger partial charge in [-0.15, -0.1) is 0 Å². The minimum absolute atomic E-state index is 0.0170. The number of carbonyl (C=O) groups excluding carboxylic acids is 11. The van der Waals surface area contributed by atoms with Crippen LogP contribution in [0.4, 0.5) is 0 Å². The Bertz CT molecular complexity index is 2900. The summed E-state index contributed by atoms with van der Waals surface area (Å²) in [5, 5.41) is 62.4. The van der Waals surface area contributed by atoms with E-state index in [9.17, 15) is 97.5 Å². The van der Waals surface area contributed by atoms with Crippen LogP contribution in [-0.4, -0.2) is 150 Å². The smallest absolute Gasteiger partial charge is 0.307 e. The molecule has 0 aliphatic rings. The number of carbonyl (C=O) groups is 15. The van der Waals surface area contributed by atoms with Crippen molar-refractivity contribution >= 4 is 88.2 Å². The number of ketones is 5. The lowest BCUT2D eigenvalue weighted by Gasteiger charge is -2.30. The van der Waals surface area contributed by atoms with Gasteiger partial charge < -0.3 is 62.6 Å². The first-order valence-electron chi connectivity index (χ1n) is 31.0. The summed E-state index contributed by atoms with van der Waals surface area (Å²) < 4.78 is 0. The first kappa shape index (κ1) is 79.5. The molecular weight excluding hydrogens is 1200 g/mol. The fourth-order valence-corrected chi connectivity index (χ4v) is 10.6. The van der Waals surface area contributed by atoms with Crippen molar-refractivity contribution in [1.29, 1.82) is 0 Å². The predicted molar refractivity (Wildman–Crippen MR) is 333 cm³/mol. The van der Waals surface area contributed by atoms with E-state index in [0.717, 1.165) is 0 Å². The maximum atomic E-state index is 14.7. The third kappa shape index (κ3) is 29.6. The molecule has 0 aromatic heterocycles. The number of nitrogens with two attached hydrogens (primary N) is 1. The van der Waals surface area contributed by atoms with E-state index in [1.807, 2.05) is 0 Å². The molecule has 92 heavy (non-hydrogen) atoms. The highest BCUT2D eigenvalue weighted by Gasteiger charge is 2.38. The fraction of sp³-hybridized carbons (Fsp3) is 0.591. The van der Waals surface area contributed by atoms with Gasteiger partial charge in [-0.3, -0.25) is 67.1 Å². The van der Waals surface area contributed by atoms with Crippen molar-refractivity contribution in [2.24, 2.45) is 59.0 Å². The Balaban J connectivity index is 2.41. The summed E-state index contributed by atoms with van der Waals surface area (Å²) in [6.07, 6.45) is -7.58. The molecule has 2 aromatic carbocycles. The minimum atomic E-state index is -1.68. The number of carboxylic acids is 4. The second-order valence-corrected chi connectivity index (χ2v) is 25.2. The van der Waals surface area contributed by atoms with Gasteiger partial charge in [-0.25, -0.2) is 0 Å². The van der Waals surface area contributed by atoms with E-state index in [0.29, 0.717) is 11.1 Å². The summed E-state index contributed by atoms with van der Waals surface area (Å²) in [7, 11) is 0. The number of benzene rings is 2. The molecule has 12 atom stereocenters. The Morgan fingerprint density at radius 3 is 1.35 bits per heavy atom. The zero-order valence-electron chi connectivity index (χ0n) is 54.0. The number of primary amides is 1. The molecule has 508 valence electrons. The van der Waals surface area contributed by atoms with E-state index >= 15 is 0 Å². The van der Waals surface area contributed by atoms with E-state index in [1.54, 1.807) is 102 Å². The Morgan fingerprint density at radius 1 is 0.424 bits per heavy atom. The molecule has 0 bridgehead atoms. The third-order valence-electron chi connectivity index (χ3n) is 15.7. The fourth-order valence-electron chi connectivity index (χ4n) is 10.6. The van der Waals surface area contributed by atoms with Crippen LogP contribution in [0.3, 0.4) is 0 Å². The van der Waals surface area contributed by atoms with Gasteiger partial charge in [0.25, 0.3) is 0 Å². The highest BCUT2D eigenvalue weighted by Crippen LogP contribution is 2.24. The molecule has 6 amide bonds. The number of nitrogens with one attached hydrogen (secondary N) is 5. The molecule has 0 saturated heterocycles. The number of Topliss-reactive ketones (excluding diaryl/α,β-unsaturated/α-hetero) is 5. The SMILES string of the molecule is CC(=O)C[C@@H](CCC(=O)O)C(=O)N[C@H](C(=O)C[C@@H](CC(N)=O)C(=O)N[C@@H](CC(C)C)[C@@H](O)C[C@@H](C)C(=O)N[C@H](C(=O)C[C@@H](Cc1ccccc1)C(=O)N[C@@H](Cc1ccccc1)C(=O)C[C@@H](C)C(=O)N[C@@H](CCC(=O)O)C(=O)C[C@@H](CC(=O)O)C(=O)O)C(C)C)C(C)C. The molecule has 0 heterocycles. The number of hydrogen-bond acceptors (Lipinski definition) is 16. The summed E-state index contributed by atoms with van der Waals surface area (Å²) in [4.78, 5) is 196. The van der Waals surface area contributed by atoms with E-state index in [-0.39, 0.29) is 50.2 Å². The Morgan fingerprint density at radius 2 is 0.870 bits per heavy atom. The molecular formula is C66H94N6O20. The number of aliphatic hydroxyl groups excluding tert-OH is 1. The van der Waals surface area contributed by atoms with Crippen molar-refractivity contribution in [2.45, 2.75) is 195 Å². The summed E-state index contributed by atoms with van der Waals surface area (Å²) in [6, 6.07) is 10.8. The van der Waals surface area contributed by atoms with Crippen LogP contribution in [0, 0.1) is 53.3 Å². The Hall–Kier alpha value is -8.55. The maximum absolute atomic E-state index is 14.7. The summed E-state index contributed by atoms with van der Waals surface area (Å²) in [5.41, 5.74) is 6.78. The second-order valence-electron chi connectivity index (χ2n) is 25.2. The highest BCUT2D eigenvalue weighted by atomic mass is 16.4. The van der Waals surface area contributed by atoms with E-state index in [4.69, 9.17) is 5.73 Å². The van der Waals surface area contributed by atoms with Gasteiger partial charge in [0.05, 0.1) is 54.6 Å². The molecule has 0 fully saturated rings.